The quantitative estimate of drug-likeness (QED) is 0.752. The Hall–Kier alpha value is -2.44. The first-order valence-corrected chi connectivity index (χ1v) is 6.46. The van der Waals surface area contributed by atoms with Gasteiger partial charge in [-0.25, -0.2) is 0 Å². The van der Waals surface area contributed by atoms with Gasteiger partial charge in [-0.05, 0) is 37.0 Å². The van der Waals surface area contributed by atoms with Crippen LogP contribution in [0.2, 0.25) is 0 Å². The van der Waals surface area contributed by atoms with Crippen LogP contribution in [0.5, 0.6) is 0 Å². The summed E-state index contributed by atoms with van der Waals surface area (Å²) in [6, 6.07) is 4.70. The lowest BCUT2D eigenvalue weighted by atomic mass is 10.1. The van der Waals surface area contributed by atoms with E-state index in [2.05, 4.69) is 20.7 Å². The van der Waals surface area contributed by atoms with Gasteiger partial charge in [0, 0.05) is 11.6 Å². The Bertz CT molecular complexity index is 662. The van der Waals surface area contributed by atoms with E-state index in [1.807, 2.05) is 0 Å². The van der Waals surface area contributed by atoms with Gasteiger partial charge in [0.15, 0.2) is 0 Å². The minimum absolute atomic E-state index is 0.0391. The Balaban J connectivity index is 1.75. The summed E-state index contributed by atoms with van der Waals surface area (Å²) < 4.78 is 0. The molecule has 20 heavy (non-hydrogen) atoms. The summed E-state index contributed by atoms with van der Waals surface area (Å²) in [5, 5.41) is 22.0. The van der Waals surface area contributed by atoms with Gasteiger partial charge in [0.25, 0.3) is 5.91 Å². The number of amides is 1. The average molecular weight is 274 g/mol. The largest absolute Gasteiger partial charge is 0.481 e. The van der Waals surface area contributed by atoms with Crippen molar-refractivity contribution >= 4 is 22.9 Å². The number of carboxylic acids is 1. The summed E-state index contributed by atoms with van der Waals surface area (Å²) in [6.07, 6.45) is 1.91. The Morgan fingerprint density at radius 1 is 1.35 bits per heavy atom. The van der Waals surface area contributed by atoms with Gasteiger partial charge in [-0.3, -0.25) is 9.59 Å². The molecule has 104 valence electrons. The third kappa shape index (κ3) is 2.61. The van der Waals surface area contributed by atoms with Crippen LogP contribution in [0.4, 0.5) is 0 Å². The van der Waals surface area contributed by atoms with Gasteiger partial charge < -0.3 is 10.4 Å². The van der Waals surface area contributed by atoms with Crippen molar-refractivity contribution in [1.82, 2.24) is 20.7 Å². The Labute approximate surface area is 114 Å². The van der Waals surface area contributed by atoms with E-state index in [4.69, 9.17) is 5.11 Å². The molecule has 1 saturated carbocycles. The van der Waals surface area contributed by atoms with E-state index >= 15 is 0 Å². The molecule has 0 radical (unpaired) electrons. The van der Waals surface area contributed by atoms with E-state index in [9.17, 15) is 9.59 Å². The molecule has 0 bridgehead atoms. The SMILES string of the molecule is O=C(O)CC(NC(=O)c1ccc2n[nH]nc2c1)C1CC1. The zero-order valence-electron chi connectivity index (χ0n) is 10.7. The highest BCUT2D eigenvalue weighted by atomic mass is 16.4. The van der Waals surface area contributed by atoms with Crippen molar-refractivity contribution in [3.05, 3.63) is 23.8 Å². The molecule has 1 aliphatic rings. The number of benzene rings is 1. The highest BCUT2D eigenvalue weighted by Crippen LogP contribution is 2.34. The molecule has 1 heterocycles. The van der Waals surface area contributed by atoms with Crippen LogP contribution in [0.1, 0.15) is 29.6 Å². The van der Waals surface area contributed by atoms with Crippen molar-refractivity contribution in [1.29, 1.82) is 0 Å². The molecule has 0 aliphatic heterocycles. The van der Waals surface area contributed by atoms with Crippen LogP contribution < -0.4 is 5.32 Å². The van der Waals surface area contributed by atoms with Gasteiger partial charge in [0.2, 0.25) is 0 Å². The molecule has 2 aromatic rings. The van der Waals surface area contributed by atoms with Gasteiger partial charge in [-0.2, -0.15) is 15.4 Å². The summed E-state index contributed by atoms with van der Waals surface area (Å²) in [5.74, 6) is -0.881. The summed E-state index contributed by atoms with van der Waals surface area (Å²) in [7, 11) is 0. The van der Waals surface area contributed by atoms with Gasteiger partial charge >= 0.3 is 5.97 Å². The second kappa shape index (κ2) is 4.92. The zero-order chi connectivity index (χ0) is 14.1. The number of carbonyl (C=O) groups is 2. The third-order valence-electron chi connectivity index (χ3n) is 3.48. The summed E-state index contributed by atoms with van der Waals surface area (Å²) in [6.45, 7) is 0. The number of fused-ring (bicyclic) bond motifs is 1. The minimum Gasteiger partial charge on any atom is -0.481 e. The molecule has 1 amide bonds. The number of aliphatic carboxylic acids is 1. The van der Waals surface area contributed by atoms with Gasteiger partial charge in [-0.1, -0.05) is 0 Å². The molecule has 3 rings (SSSR count). The summed E-state index contributed by atoms with van der Waals surface area (Å²) >= 11 is 0. The van der Waals surface area contributed by atoms with Gasteiger partial charge in [0.05, 0.1) is 6.42 Å². The highest BCUT2D eigenvalue weighted by molar-refractivity contribution is 5.97. The van der Waals surface area contributed by atoms with E-state index in [0.717, 1.165) is 12.8 Å². The zero-order valence-corrected chi connectivity index (χ0v) is 10.7. The number of rotatable bonds is 5. The number of carboxylic acid groups (broad SMARTS) is 1. The maximum absolute atomic E-state index is 12.2. The number of nitrogens with zero attached hydrogens (tertiary/aromatic N) is 2. The molecule has 1 fully saturated rings. The van der Waals surface area contributed by atoms with Crippen LogP contribution in [0.3, 0.4) is 0 Å². The molecular weight excluding hydrogens is 260 g/mol. The number of nitrogens with one attached hydrogen (secondary N) is 2. The number of hydrogen-bond donors (Lipinski definition) is 3. The normalized spacial score (nSPS) is 16.0. The number of hydrogen-bond acceptors (Lipinski definition) is 4. The van der Waals surface area contributed by atoms with Crippen LogP contribution in [0.15, 0.2) is 18.2 Å². The highest BCUT2D eigenvalue weighted by Gasteiger charge is 2.33. The van der Waals surface area contributed by atoms with Crippen molar-refractivity contribution in [2.75, 3.05) is 0 Å². The van der Waals surface area contributed by atoms with E-state index in [1.165, 1.54) is 0 Å². The van der Waals surface area contributed by atoms with Gasteiger partial charge in [0.1, 0.15) is 11.0 Å². The molecular formula is C13H14N4O3. The van der Waals surface area contributed by atoms with Crippen LogP contribution >= 0.6 is 0 Å². The number of carbonyl (C=O) groups excluding carboxylic acids is 1. The number of aromatic amines is 1. The monoisotopic (exact) mass is 274 g/mol. The fourth-order valence-electron chi connectivity index (χ4n) is 2.26. The van der Waals surface area contributed by atoms with E-state index in [0.29, 0.717) is 16.6 Å². The molecule has 0 saturated heterocycles. The predicted molar refractivity (Wildman–Crippen MR) is 70.1 cm³/mol. The van der Waals surface area contributed by atoms with Crippen LogP contribution in [-0.2, 0) is 4.79 Å². The van der Waals surface area contributed by atoms with Crippen molar-refractivity contribution < 1.29 is 14.7 Å². The lowest BCUT2D eigenvalue weighted by molar-refractivity contribution is -0.137. The lowest BCUT2D eigenvalue weighted by Gasteiger charge is -2.16. The van der Waals surface area contributed by atoms with Crippen molar-refractivity contribution in [2.24, 2.45) is 5.92 Å². The predicted octanol–water partition coefficient (Wildman–Crippen LogP) is 0.941. The molecule has 7 nitrogen and oxygen atoms in total. The lowest BCUT2D eigenvalue weighted by Crippen LogP contribution is -2.38. The Morgan fingerprint density at radius 3 is 2.80 bits per heavy atom. The Morgan fingerprint density at radius 2 is 2.10 bits per heavy atom. The van der Waals surface area contributed by atoms with Crippen LogP contribution in [0.25, 0.3) is 11.0 Å². The molecule has 1 atom stereocenters. The van der Waals surface area contributed by atoms with Crippen molar-refractivity contribution in [3.8, 4) is 0 Å². The van der Waals surface area contributed by atoms with Crippen molar-refractivity contribution in [3.63, 3.8) is 0 Å². The van der Waals surface area contributed by atoms with Crippen molar-refractivity contribution in [2.45, 2.75) is 25.3 Å². The first kappa shape index (κ1) is 12.6. The fourth-order valence-corrected chi connectivity index (χ4v) is 2.26. The average Bonchev–Trinajstić information content (AvgIpc) is 3.15. The fraction of sp³-hybridized carbons (Fsp3) is 0.385. The van der Waals surface area contributed by atoms with Crippen LogP contribution in [0, 0.1) is 5.92 Å². The number of aromatic nitrogens is 3. The smallest absolute Gasteiger partial charge is 0.305 e. The second-order valence-corrected chi connectivity index (χ2v) is 5.04. The molecule has 1 aromatic heterocycles. The molecule has 0 spiro atoms. The van der Waals surface area contributed by atoms with E-state index in [-0.39, 0.29) is 24.3 Å². The molecule has 1 aromatic carbocycles. The van der Waals surface area contributed by atoms with E-state index in [1.54, 1.807) is 18.2 Å². The first-order valence-electron chi connectivity index (χ1n) is 6.46. The first-order chi connectivity index (χ1) is 9.63. The standard InChI is InChI=1S/C13H14N4O3/c18-12(19)6-10(7-1-2-7)14-13(20)8-3-4-9-11(5-8)16-17-15-9/h3-5,7,10H,1-2,6H2,(H,14,20)(H,18,19)(H,15,16,17). The van der Waals surface area contributed by atoms with Gasteiger partial charge in [-0.15, -0.1) is 0 Å². The summed E-state index contributed by atoms with van der Waals surface area (Å²) in [4.78, 5) is 23.0. The number of H-pyrrole nitrogens is 1. The second-order valence-electron chi connectivity index (χ2n) is 5.04. The summed E-state index contributed by atoms with van der Waals surface area (Å²) in [5.41, 5.74) is 1.76. The molecule has 1 aliphatic carbocycles. The van der Waals surface area contributed by atoms with Crippen LogP contribution in [-0.4, -0.2) is 38.4 Å². The molecule has 1 unspecified atom stereocenters. The molecule has 3 N–H and O–H groups in total. The topological polar surface area (TPSA) is 108 Å². The maximum Gasteiger partial charge on any atom is 0.305 e. The Kier molecular flexibility index (Phi) is 3.09. The molecule has 7 heteroatoms. The maximum atomic E-state index is 12.2. The minimum atomic E-state index is -0.894. The van der Waals surface area contributed by atoms with E-state index < -0.39 is 5.97 Å². The third-order valence-corrected chi connectivity index (χ3v) is 3.48.